The van der Waals surface area contributed by atoms with Gasteiger partial charge in [0.05, 0.1) is 0 Å². The van der Waals surface area contributed by atoms with Gasteiger partial charge in [0.15, 0.2) is 0 Å². The van der Waals surface area contributed by atoms with Crippen LogP contribution >= 0.6 is 0 Å². The van der Waals surface area contributed by atoms with E-state index in [2.05, 4.69) is 0 Å². The summed E-state index contributed by atoms with van der Waals surface area (Å²) in [5.74, 6) is -21.2. The van der Waals surface area contributed by atoms with Gasteiger partial charge in [0.1, 0.15) is 0 Å². The van der Waals surface area contributed by atoms with Crippen LogP contribution in [0.3, 0.4) is 0 Å². The minimum absolute atomic E-state index is 4.23. The highest BCUT2D eigenvalue weighted by Gasteiger charge is 2.95. The van der Waals surface area contributed by atoms with Crippen LogP contribution in [0.4, 0.5) is 43.9 Å². The monoisotopic (exact) mass is 306 g/mol. The van der Waals surface area contributed by atoms with E-state index >= 15 is 0 Å². The van der Waals surface area contributed by atoms with Gasteiger partial charge in [0, 0.05) is 0 Å². The van der Waals surface area contributed by atoms with Crippen molar-refractivity contribution in [1.82, 2.24) is 0 Å². The summed E-state index contributed by atoms with van der Waals surface area (Å²) >= 11 is 0. The van der Waals surface area contributed by atoms with Crippen molar-refractivity contribution < 1.29 is 53.5 Å². The average molecular weight is 306 g/mol. The van der Waals surface area contributed by atoms with Crippen LogP contribution in [-0.2, 0) is 9.59 Å². The molecule has 0 N–H and O–H groups in total. The van der Waals surface area contributed by atoms with Gasteiger partial charge in [-0.05, 0) is 0 Å². The second-order valence-electron chi connectivity index (χ2n) is 3.55. The lowest BCUT2D eigenvalue weighted by Gasteiger charge is -2.29. The number of carbonyl (C=O) groups excluding carboxylic acids is 2. The highest BCUT2D eigenvalue weighted by molar-refractivity contribution is 6.22. The maximum atomic E-state index is 12.6. The summed E-state index contributed by atoms with van der Waals surface area (Å²) in [7, 11) is 0. The highest BCUT2D eigenvalue weighted by Crippen LogP contribution is 2.63. The Bertz CT molecular complexity index is 400. The topological polar surface area (TPSA) is 34.1 Å². The molecule has 19 heavy (non-hydrogen) atoms. The van der Waals surface area contributed by atoms with Crippen LogP contribution in [0.15, 0.2) is 0 Å². The van der Waals surface area contributed by atoms with E-state index in [1.807, 2.05) is 0 Å². The van der Waals surface area contributed by atoms with E-state index in [-0.39, 0.29) is 0 Å². The summed E-state index contributed by atoms with van der Waals surface area (Å²) < 4.78 is 124. The normalized spacial score (nSPS) is 25.8. The summed E-state index contributed by atoms with van der Waals surface area (Å²) in [6, 6.07) is 0. The molecule has 0 atom stereocenters. The summed E-state index contributed by atoms with van der Waals surface area (Å²) in [6.45, 7) is 0. The van der Waals surface area contributed by atoms with Crippen molar-refractivity contribution >= 4 is 11.6 Å². The molecule has 0 aromatic heterocycles. The van der Waals surface area contributed by atoms with Crippen LogP contribution in [0.5, 0.6) is 0 Å². The molecule has 0 bridgehead atoms. The number of hydrogen-bond donors (Lipinski definition) is 0. The van der Waals surface area contributed by atoms with Gasteiger partial charge in [-0.25, -0.2) is 0 Å². The highest BCUT2D eigenvalue weighted by atomic mass is 19.4. The first-order valence-corrected chi connectivity index (χ1v) is 4.05. The van der Waals surface area contributed by atoms with Crippen molar-refractivity contribution in [2.24, 2.45) is 5.41 Å². The predicted molar refractivity (Wildman–Crippen MR) is 34.5 cm³/mol. The summed E-state index contributed by atoms with van der Waals surface area (Å²) in [5.41, 5.74) is -6.42. The number of halogens is 10. The Morgan fingerprint density at radius 1 is 0.632 bits per heavy atom. The molecule has 2 nitrogen and oxygen atoms in total. The smallest absolute Gasteiger partial charge is 0.291 e. The third-order valence-corrected chi connectivity index (χ3v) is 2.50. The second kappa shape index (κ2) is 3.39. The van der Waals surface area contributed by atoms with Gasteiger partial charge in [0.25, 0.3) is 5.41 Å². The summed E-state index contributed by atoms with van der Waals surface area (Å²) in [5, 5.41) is 0. The van der Waals surface area contributed by atoms with E-state index in [9.17, 15) is 53.5 Å². The number of ketones is 2. The molecule has 0 amide bonds. The number of rotatable bonds is 0. The van der Waals surface area contributed by atoms with Crippen molar-refractivity contribution in [2.75, 3.05) is 0 Å². The second-order valence-corrected chi connectivity index (χ2v) is 3.55. The first-order chi connectivity index (χ1) is 8.06. The molecule has 0 spiro atoms. The molecule has 1 rings (SSSR count). The Hall–Kier alpha value is -1.36. The molecule has 0 aromatic rings. The first kappa shape index (κ1) is 15.7. The molecule has 1 aliphatic rings. The van der Waals surface area contributed by atoms with Crippen molar-refractivity contribution in [2.45, 2.75) is 24.2 Å². The standard InChI is InChI=1S/C7F10O2/c8-4(9)1(18)3(6(12,13)14,7(15,16)17)2(19)5(4,10)11. The third kappa shape index (κ3) is 1.45. The lowest BCUT2D eigenvalue weighted by atomic mass is 9.82. The maximum Gasteiger partial charge on any atom is 0.417 e. The first-order valence-electron chi connectivity index (χ1n) is 4.05. The minimum atomic E-state index is -6.97. The van der Waals surface area contributed by atoms with E-state index in [4.69, 9.17) is 0 Å². The van der Waals surface area contributed by atoms with Gasteiger partial charge >= 0.3 is 24.2 Å². The SMILES string of the molecule is O=C1C(F)(F)C(F)(F)C(=O)C1(C(F)(F)F)C(F)(F)F. The van der Waals surface area contributed by atoms with Crippen LogP contribution in [0, 0.1) is 5.41 Å². The summed E-state index contributed by atoms with van der Waals surface area (Å²) in [4.78, 5) is 21.2. The van der Waals surface area contributed by atoms with E-state index < -0.39 is 41.2 Å². The Balaban J connectivity index is 3.81. The van der Waals surface area contributed by atoms with Crippen LogP contribution in [0.25, 0.3) is 0 Å². The van der Waals surface area contributed by atoms with Gasteiger partial charge in [0.2, 0.25) is 11.6 Å². The van der Waals surface area contributed by atoms with Gasteiger partial charge in [-0.2, -0.15) is 43.9 Å². The van der Waals surface area contributed by atoms with E-state index in [0.29, 0.717) is 0 Å². The quantitative estimate of drug-likeness (QED) is 0.509. The van der Waals surface area contributed by atoms with Gasteiger partial charge in [-0.1, -0.05) is 0 Å². The number of Topliss-reactive ketones (excluding diaryl/α,β-unsaturated/α-hetero) is 2. The zero-order valence-electron chi connectivity index (χ0n) is 8.10. The van der Waals surface area contributed by atoms with Crippen LogP contribution in [-0.4, -0.2) is 35.8 Å². The fourth-order valence-corrected chi connectivity index (χ4v) is 1.53. The van der Waals surface area contributed by atoms with Crippen molar-refractivity contribution in [3.63, 3.8) is 0 Å². The predicted octanol–water partition coefficient (Wildman–Crippen LogP) is 2.52. The molecule has 0 saturated heterocycles. The lowest BCUT2D eigenvalue weighted by Crippen LogP contribution is -2.59. The van der Waals surface area contributed by atoms with Gasteiger partial charge < -0.3 is 0 Å². The Morgan fingerprint density at radius 2 is 0.842 bits per heavy atom. The number of hydrogen-bond acceptors (Lipinski definition) is 2. The molecule has 0 heterocycles. The van der Waals surface area contributed by atoms with Crippen molar-refractivity contribution in [3.05, 3.63) is 0 Å². The number of alkyl halides is 10. The Morgan fingerprint density at radius 3 is 0.947 bits per heavy atom. The fourth-order valence-electron chi connectivity index (χ4n) is 1.53. The third-order valence-electron chi connectivity index (χ3n) is 2.50. The largest absolute Gasteiger partial charge is 0.417 e. The molecule has 12 heteroatoms. The fraction of sp³-hybridized carbons (Fsp3) is 0.714. The maximum absolute atomic E-state index is 12.6. The molecular weight excluding hydrogens is 306 g/mol. The van der Waals surface area contributed by atoms with E-state index in [1.165, 1.54) is 0 Å². The van der Waals surface area contributed by atoms with E-state index in [1.54, 1.807) is 0 Å². The zero-order chi connectivity index (χ0) is 15.7. The molecule has 1 fully saturated rings. The lowest BCUT2D eigenvalue weighted by molar-refractivity contribution is -0.309. The molecule has 1 aliphatic carbocycles. The molecule has 110 valence electrons. The molecule has 0 radical (unpaired) electrons. The van der Waals surface area contributed by atoms with Gasteiger partial charge in [-0.15, -0.1) is 0 Å². The van der Waals surface area contributed by atoms with Crippen molar-refractivity contribution in [3.8, 4) is 0 Å². The molecule has 0 unspecified atom stereocenters. The zero-order valence-corrected chi connectivity index (χ0v) is 8.10. The molecule has 1 saturated carbocycles. The van der Waals surface area contributed by atoms with Crippen LogP contribution in [0.1, 0.15) is 0 Å². The molecule has 0 aromatic carbocycles. The Kier molecular flexibility index (Phi) is 2.80. The summed E-state index contributed by atoms with van der Waals surface area (Å²) in [6.07, 6.45) is -13.9. The molecule has 0 aliphatic heterocycles. The Labute approximate surface area is 95.9 Å². The van der Waals surface area contributed by atoms with Crippen LogP contribution < -0.4 is 0 Å². The number of carbonyl (C=O) groups is 2. The van der Waals surface area contributed by atoms with Crippen LogP contribution in [0.2, 0.25) is 0 Å². The van der Waals surface area contributed by atoms with Gasteiger partial charge in [-0.3, -0.25) is 9.59 Å². The average Bonchev–Trinajstić information content (AvgIpc) is 2.21. The minimum Gasteiger partial charge on any atom is -0.291 e. The molecular formula is C7F10O2. The van der Waals surface area contributed by atoms with Crippen molar-refractivity contribution in [1.29, 1.82) is 0 Å². The van der Waals surface area contributed by atoms with E-state index in [0.717, 1.165) is 0 Å².